The molecule has 2 atom stereocenters. The third-order valence-corrected chi connectivity index (χ3v) is 5.85. The standard InChI is InChI=1S/C23H32N4OS/c1-4-28-21-12-10-20(11-13-21)25-23(29)24-18(2)22(19-8-6-5-7-9-19)27-16-14-26(3)15-17-27/h5-13,18,22H,4,14-17H2,1-3H3,(H2,24,25,29)/p+2/t18-,22-/m0/s1. The molecule has 29 heavy (non-hydrogen) atoms. The van der Waals surface area contributed by atoms with E-state index in [4.69, 9.17) is 17.0 Å². The maximum Gasteiger partial charge on any atom is 0.171 e. The largest absolute Gasteiger partial charge is 0.494 e. The SMILES string of the molecule is CCOc1ccc(NC(=S)N[C@@H](C)[C@@H](c2ccccc2)[NH+]2CC[NH+](C)CC2)cc1. The summed E-state index contributed by atoms with van der Waals surface area (Å²) in [5.74, 6) is 0.871. The fourth-order valence-corrected chi connectivity index (χ4v) is 4.41. The van der Waals surface area contributed by atoms with Crippen LogP contribution in [-0.2, 0) is 0 Å². The topological polar surface area (TPSA) is 42.2 Å². The Morgan fingerprint density at radius 2 is 1.69 bits per heavy atom. The van der Waals surface area contributed by atoms with E-state index in [0.29, 0.717) is 17.8 Å². The van der Waals surface area contributed by atoms with E-state index in [1.165, 1.54) is 31.7 Å². The van der Waals surface area contributed by atoms with Crippen molar-refractivity contribution in [2.45, 2.75) is 25.9 Å². The Labute approximate surface area is 180 Å². The van der Waals surface area contributed by atoms with Crippen molar-refractivity contribution < 1.29 is 14.5 Å². The van der Waals surface area contributed by atoms with Gasteiger partial charge in [-0.3, -0.25) is 0 Å². The Hall–Kier alpha value is -2.15. The van der Waals surface area contributed by atoms with Crippen LogP contribution in [0.3, 0.4) is 0 Å². The van der Waals surface area contributed by atoms with Gasteiger partial charge < -0.3 is 25.2 Å². The second-order valence-electron chi connectivity index (χ2n) is 7.85. The fraction of sp³-hybridized carbons (Fsp3) is 0.435. The van der Waals surface area contributed by atoms with Crippen molar-refractivity contribution in [3.8, 4) is 5.75 Å². The molecule has 3 rings (SSSR count). The van der Waals surface area contributed by atoms with Gasteiger partial charge in [0.2, 0.25) is 0 Å². The van der Waals surface area contributed by atoms with Crippen LogP contribution in [0.4, 0.5) is 5.69 Å². The van der Waals surface area contributed by atoms with Crippen molar-refractivity contribution in [2.24, 2.45) is 0 Å². The number of thiocarbonyl (C=S) groups is 1. The number of quaternary nitrogens is 2. The molecule has 0 aromatic heterocycles. The van der Waals surface area contributed by atoms with E-state index in [9.17, 15) is 0 Å². The van der Waals surface area contributed by atoms with Gasteiger partial charge in [0.15, 0.2) is 5.11 Å². The van der Waals surface area contributed by atoms with E-state index >= 15 is 0 Å². The van der Waals surface area contributed by atoms with Gasteiger partial charge in [-0.2, -0.15) is 0 Å². The lowest BCUT2D eigenvalue weighted by molar-refractivity contribution is -1.02. The van der Waals surface area contributed by atoms with Crippen molar-refractivity contribution in [1.29, 1.82) is 0 Å². The molecule has 5 nitrogen and oxygen atoms in total. The van der Waals surface area contributed by atoms with Crippen LogP contribution in [-0.4, -0.2) is 51.0 Å². The molecule has 1 heterocycles. The lowest BCUT2D eigenvalue weighted by atomic mass is 9.98. The van der Waals surface area contributed by atoms with Crippen LogP contribution in [0, 0.1) is 0 Å². The Morgan fingerprint density at radius 1 is 1.03 bits per heavy atom. The van der Waals surface area contributed by atoms with Gasteiger partial charge >= 0.3 is 0 Å². The lowest BCUT2D eigenvalue weighted by Gasteiger charge is -2.37. The zero-order valence-corrected chi connectivity index (χ0v) is 18.5. The maximum absolute atomic E-state index is 5.62. The molecule has 0 saturated carbocycles. The first-order valence-electron chi connectivity index (χ1n) is 10.6. The summed E-state index contributed by atoms with van der Waals surface area (Å²) in [5, 5.41) is 7.50. The Morgan fingerprint density at radius 3 is 2.31 bits per heavy atom. The van der Waals surface area contributed by atoms with Crippen LogP contribution in [0.2, 0.25) is 0 Å². The number of rotatable bonds is 7. The fourth-order valence-electron chi connectivity index (χ4n) is 4.11. The average molecular weight is 415 g/mol. The summed E-state index contributed by atoms with van der Waals surface area (Å²) < 4.78 is 5.50. The summed E-state index contributed by atoms with van der Waals surface area (Å²) in [6.07, 6.45) is 0. The number of hydrogen-bond acceptors (Lipinski definition) is 2. The highest BCUT2D eigenvalue weighted by Crippen LogP contribution is 2.17. The normalized spacial score (nSPS) is 21.1. The number of benzene rings is 2. The molecule has 0 aliphatic carbocycles. The number of ether oxygens (including phenoxy) is 1. The molecular formula is C23H34N4OS+2. The second kappa shape index (κ2) is 10.6. The number of hydrogen-bond donors (Lipinski definition) is 4. The second-order valence-corrected chi connectivity index (χ2v) is 8.26. The average Bonchev–Trinajstić information content (AvgIpc) is 2.72. The third-order valence-electron chi connectivity index (χ3n) is 5.63. The summed E-state index contributed by atoms with van der Waals surface area (Å²) in [7, 11) is 2.28. The minimum absolute atomic E-state index is 0.216. The first-order chi connectivity index (χ1) is 14.1. The van der Waals surface area contributed by atoms with Crippen LogP contribution in [0.5, 0.6) is 5.75 Å². The van der Waals surface area contributed by atoms with Crippen LogP contribution in [0.1, 0.15) is 25.5 Å². The maximum atomic E-state index is 5.62. The molecule has 1 aliphatic heterocycles. The van der Waals surface area contributed by atoms with E-state index < -0.39 is 0 Å². The zero-order chi connectivity index (χ0) is 20.6. The summed E-state index contributed by atoms with van der Waals surface area (Å²) in [4.78, 5) is 3.25. The van der Waals surface area contributed by atoms with Crippen molar-refractivity contribution in [1.82, 2.24) is 5.32 Å². The summed E-state index contributed by atoms with van der Waals surface area (Å²) >= 11 is 5.62. The molecule has 0 spiro atoms. The van der Waals surface area contributed by atoms with E-state index in [1.807, 2.05) is 31.2 Å². The monoisotopic (exact) mass is 414 g/mol. The van der Waals surface area contributed by atoms with Crippen molar-refractivity contribution in [3.63, 3.8) is 0 Å². The molecule has 0 unspecified atom stereocenters. The molecule has 1 aliphatic rings. The molecule has 4 N–H and O–H groups in total. The minimum Gasteiger partial charge on any atom is -0.494 e. The first-order valence-corrected chi connectivity index (χ1v) is 11.0. The minimum atomic E-state index is 0.216. The van der Waals surface area contributed by atoms with Crippen LogP contribution in [0.15, 0.2) is 54.6 Å². The smallest absolute Gasteiger partial charge is 0.171 e. The van der Waals surface area contributed by atoms with Crippen molar-refractivity contribution >= 4 is 23.0 Å². The van der Waals surface area contributed by atoms with E-state index in [-0.39, 0.29) is 6.04 Å². The molecule has 1 saturated heterocycles. The van der Waals surface area contributed by atoms with E-state index in [2.05, 4.69) is 54.9 Å². The Bertz CT molecular complexity index is 760. The van der Waals surface area contributed by atoms with Crippen molar-refractivity contribution in [3.05, 3.63) is 60.2 Å². The number of nitrogens with one attached hydrogen (secondary N) is 4. The van der Waals surface area contributed by atoms with Gasteiger partial charge in [-0.05, 0) is 50.3 Å². The Balaban J connectivity index is 1.65. The van der Waals surface area contributed by atoms with Gasteiger partial charge in [-0.15, -0.1) is 0 Å². The zero-order valence-electron chi connectivity index (χ0n) is 17.7. The van der Waals surface area contributed by atoms with Gasteiger partial charge in [0.05, 0.1) is 19.7 Å². The predicted octanol–water partition coefficient (Wildman–Crippen LogP) is 0.915. The summed E-state index contributed by atoms with van der Waals surface area (Å²) in [6.45, 7) is 9.66. The van der Waals surface area contributed by atoms with Gasteiger partial charge in [-0.1, -0.05) is 30.3 Å². The first kappa shape index (κ1) is 21.6. The lowest BCUT2D eigenvalue weighted by Crippen LogP contribution is -3.27. The molecule has 6 heteroatoms. The van der Waals surface area contributed by atoms with E-state index in [1.54, 1.807) is 9.80 Å². The number of anilines is 1. The molecule has 0 radical (unpaired) electrons. The third kappa shape index (κ3) is 6.16. The molecular weight excluding hydrogens is 380 g/mol. The van der Waals surface area contributed by atoms with Gasteiger partial charge in [0.25, 0.3) is 0 Å². The van der Waals surface area contributed by atoms with Gasteiger partial charge in [0, 0.05) is 11.3 Å². The predicted molar refractivity (Wildman–Crippen MR) is 123 cm³/mol. The molecule has 2 aromatic rings. The molecule has 1 fully saturated rings. The highest BCUT2D eigenvalue weighted by Gasteiger charge is 2.33. The summed E-state index contributed by atoms with van der Waals surface area (Å²) in [5.41, 5.74) is 2.33. The molecule has 0 bridgehead atoms. The van der Waals surface area contributed by atoms with Gasteiger partial charge in [0.1, 0.15) is 38.0 Å². The van der Waals surface area contributed by atoms with Crippen LogP contribution < -0.4 is 25.2 Å². The highest BCUT2D eigenvalue weighted by molar-refractivity contribution is 7.80. The number of likely N-dealkylation sites (N-methyl/N-ethyl adjacent to an activating group) is 1. The van der Waals surface area contributed by atoms with Crippen LogP contribution in [0.25, 0.3) is 0 Å². The van der Waals surface area contributed by atoms with Crippen molar-refractivity contribution in [2.75, 3.05) is 45.2 Å². The van der Waals surface area contributed by atoms with Crippen LogP contribution >= 0.6 is 12.2 Å². The molecule has 2 aromatic carbocycles. The molecule has 156 valence electrons. The molecule has 0 amide bonds. The summed E-state index contributed by atoms with van der Waals surface area (Å²) in [6, 6.07) is 19.3. The quantitative estimate of drug-likeness (QED) is 0.509. The Kier molecular flexibility index (Phi) is 7.86. The number of piperazine rings is 1. The van der Waals surface area contributed by atoms with Gasteiger partial charge in [-0.25, -0.2) is 0 Å². The van der Waals surface area contributed by atoms with E-state index in [0.717, 1.165) is 11.4 Å². The highest BCUT2D eigenvalue weighted by atomic mass is 32.1.